The topological polar surface area (TPSA) is 67.4 Å². The number of urea groups is 1. The summed E-state index contributed by atoms with van der Waals surface area (Å²) in [7, 11) is 1.32. The van der Waals surface area contributed by atoms with E-state index in [1.54, 1.807) is 24.3 Å². The van der Waals surface area contributed by atoms with E-state index in [-0.39, 0.29) is 6.03 Å². The maximum atomic E-state index is 11.6. The molecule has 0 radical (unpaired) electrons. The quantitative estimate of drug-likeness (QED) is 0.801. The third kappa shape index (κ3) is 3.48. The van der Waals surface area contributed by atoms with Crippen LogP contribution in [0.2, 0.25) is 0 Å². The van der Waals surface area contributed by atoms with E-state index in [4.69, 9.17) is 0 Å². The highest BCUT2D eigenvalue weighted by Gasteiger charge is 2.21. The van der Waals surface area contributed by atoms with Crippen molar-refractivity contribution in [3.8, 4) is 0 Å². The lowest BCUT2D eigenvalue weighted by molar-refractivity contribution is 0.0600. The number of carbonyl (C=O) groups is 2. The predicted octanol–water partition coefficient (Wildman–Crippen LogP) is 2.00. The molecule has 1 aliphatic rings. The van der Waals surface area contributed by atoms with Crippen molar-refractivity contribution in [2.24, 2.45) is 5.92 Å². The first-order valence-electron chi connectivity index (χ1n) is 5.92. The Morgan fingerprint density at radius 2 is 2.17 bits per heavy atom. The molecule has 1 aromatic carbocycles. The van der Waals surface area contributed by atoms with Gasteiger partial charge < -0.3 is 15.4 Å². The van der Waals surface area contributed by atoms with E-state index in [0.29, 0.717) is 23.7 Å². The van der Waals surface area contributed by atoms with Gasteiger partial charge in [0.15, 0.2) is 0 Å². The number of benzene rings is 1. The minimum Gasteiger partial charge on any atom is -0.465 e. The van der Waals surface area contributed by atoms with Crippen LogP contribution >= 0.6 is 0 Å². The molecular formula is C13H16N2O3. The Bertz CT molecular complexity index is 455. The maximum absolute atomic E-state index is 11.6. The highest BCUT2D eigenvalue weighted by molar-refractivity contribution is 5.93. The van der Waals surface area contributed by atoms with Crippen molar-refractivity contribution in [1.29, 1.82) is 0 Å². The first kappa shape index (κ1) is 12.4. The van der Waals surface area contributed by atoms with Gasteiger partial charge >= 0.3 is 12.0 Å². The SMILES string of the molecule is COC(=O)c1cccc(NC(=O)NCC2CC2)c1. The van der Waals surface area contributed by atoms with Crippen LogP contribution in [0.5, 0.6) is 0 Å². The van der Waals surface area contributed by atoms with Gasteiger partial charge in [0, 0.05) is 12.2 Å². The van der Waals surface area contributed by atoms with Gasteiger partial charge in [0.2, 0.25) is 0 Å². The second-order valence-electron chi connectivity index (χ2n) is 4.35. The lowest BCUT2D eigenvalue weighted by atomic mass is 10.2. The lowest BCUT2D eigenvalue weighted by Crippen LogP contribution is -2.30. The molecule has 0 atom stereocenters. The zero-order chi connectivity index (χ0) is 13.0. The molecular weight excluding hydrogens is 232 g/mol. The fourth-order valence-corrected chi connectivity index (χ4v) is 1.58. The summed E-state index contributed by atoms with van der Waals surface area (Å²) in [6.07, 6.45) is 2.39. The number of amides is 2. The molecule has 2 rings (SSSR count). The van der Waals surface area contributed by atoms with E-state index in [0.717, 1.165) is 0 Å². The van der Waals surface area contributed by atoms with Crippen molar-refractivity contribution in [1.82, 2.24) is 5.32 Å². The molecule has 0 spiro atoms. The first-order chi connectivity index (χ1) is 8.69. The van der Waals surface area contributed by atoms with Crippen molar-refractivity contribution in [3.63, 3.8) is 0 Å². The Kier molecular flexibility index (Phi) is 3.82. The van der Waals surface area contributed by atoms with Gasteiger partial charge in [-0.25, -0.2) is 9.59 Å². The van der Waals surface area contributed by atoms with Gasteiger partial charge in [-0.15, -0.1) is 0 Å². The first-order valence-corrected chi connectivity index (χ1v) is 5.92. The average molecular weight is 248 g/mol. The number of hydrogen-bond acceptors (Lipinski definition) is 3. The number of hydrogen-bond donors (Lipinski definition) is 2. The molecule has 0 bridgehead atoms. The van der Waals surface area contributed by atoms with Crippen LogP contribution in [0.4, 0.5) is 10.5 Å². The van der Waals surface area contributed by atoms with Crippen molar-refractivity contribution >= 4 is 17.7 Å². The van der Waals surface area contributed by atoms with Crippen LogP contribution in [0.25, 0.3) is 0 Å². The second kappa shape index (κ2) is 5.53. The van der Waals surface area contributed by atoms with Crippen molar-refractivity contribution in [3.05, 3.63) is 29.8 Å². The summed E-state index contributed by atoms with van der Waals surface area (Å²) in [5, 5.41) is 5.48. The summed E-state index contributed by atoms with van der Waals surface area (Å²) in [4.78, 5) is 22.9. The monoisotopic (exact) mass is 248 g/mol. The number of anilines is 1. The molecule has 1 aromatic rings. The van der Waals surface area contributed by atoms with Gasteiger partial charge in [0.25, 0.3) is 0 Å². The van der Waals surface area contributed by atoms with Crippen LogP contribution in [-0.2, 0) is 4.74 Å². The molecule has 1 saturated carbocycles. The van der Waals surface area contributed by atoms with Gasteiger partial charge in [-0.1, -0.05) is 6.07 Å². The van der Waals surface area contributed by atoms with Crippen LogP contribution < -0.4 is 10.6 Å². The number of rotatable bonds is 4. The minimum absolute atomic E-state index is 0.246. The number of carbonyl (C=O) groups excluding carboxylic acids is 2. The van der Waals surface area contributed by atoms with Gasteiger partial charge in [0.1, 0.15) is 0 Å². The molecule has 0 heterocycles. The molecule has 0 unspecified atom stereocenters. The molecule has 5 nitrogen and oxygen atoms in total. The van der Waals surface area contributed by atoms with Crippen LogP contribution in [-0.4, -0.2) is 25.7 Å². The average Bonchev–Trinajstić information content (AvgIpc) is 3.20. The molecule has 18 heavy (non-hydrogen) atoms. The van der Waals surface area contributed by atoms with E-state index >= 15 is 0 Å². The summed E-state index contributed by atoms with van der Waals surface area (Å²) in [6.45, 7) is 0.711. The summed E-state index contributed by atoms with van der Waals surface area (Å²) in [5.74, 6) is 0.217. The van der Waals surface area contributed by atoms with Crippen molar-refractivity contribution < 1.29 is 14.3 Å². The molecule has 0 aromatic heterocycles. The molecule has 1 aliphatic carbocycles. The van der Waals surface area contributed by atoms with Crippen LogP contribution in [0, 0.1) is 5.92 Å². The Morgan fingerprint density at radius 3 is 2.83 bits per heavy atom. The highest BCUT2D eigenvalue weighted by Crippen LogP contribution is 2.27. The smallest absolute Gasteiger partial charge is 0.337 e. The lowest BCUT2D eigenvalue weighted by Gasteiger charge is -2.08. The zero-order valence-electron chi connectivity index (χ0n) is 10.2. The van der Waals surface area contributed by atoms with Crippen LogP contribution in [0.3, 0.4) is 0 Å². The van der Waals surface area contributed by atoms with E-state index < -0.39 is 5.97 Å². The van der Waals surface area contributed by atoms with Gasteiger partial charge in [-0.05, 0) is 37.0 Å². The fourth-order valence-electron chi connectivity index (χ4n) is 1.58. The van der Waals surface area contributed by atoms with Crippen LogP contribution in [0.15, 0.2) is 24.3 Å². The van der Waals surface area contributed by atoms with Crippen LogP contribution in [0.1, 0.15) is 23.2 Å². The second-order valence-corrected chi connectivity index (χ2v) is 4.35. The van der Waals surface area contributed by atoms with Gasteiger partial charge in [-0.3, -0.25) is 0 Å². The third-order valence-electron chi connectivity index (χ3n) is 2.79. The molecule has 0 saturated heterocycles. The van der Waals surface area contributed by atoms with E-state index in [1.807, 2.05) is 0 Å². The Labute approximate surface area is 106 Å². The largest absolute Gasteiger partial charge is 0.465 e. The predicted molar refractivity (Wildman–Crippen MR) is 67.5 cm³/mol. The summed E-state index contributed by atoms with van der Waals surface area (Å²) >= 11 is 0. The summed E-state index contributed by atoms with van der Waals surface area (Å²) in [6, 6.07) is 6.40. The molecule has 1 fully saturated rings. The Morgan fingerprint density at radius 1 is 1.39 bits per heavy atom. The van der Waals surface area contributed by atoms with E-state index in [9.17, 15) is 9.59 Å². The van der Waals surface area contributed by atoms with Crippen molar-refractivity contribution in [2.45, 2.75) is 12.8 Å². The normalized spacial score (nSPS) is 13.8. The summed E-state index contributed by atoms with van der Waals surface area (Å²) < 4.78 is 4.62. The van der Waals surface area contributed by atoms with E-state index in [1.165, 1.54) is 20.0 Å². The number of methoxy groups -OCH3 is 1. The number of nitrogens with one attached hydrogen (secondary N) is 2. The fraction of sp³-hybridized carbons (Fsp3) is 0.385. The highest BCUT2D eigenvalue weighted by atomic mass is 16.5. The Balaban J connectivity index is 1.91. The molecule has 5 heteroatoms. The Hall–Kier alpha value is -2.04. The molecule has 2 N–H and O–H groups in total. The summed E-state index contributed by atoms with van der Waals surface area (Å²) in [5.41, 5.74) is 0.990. The van der Waals surface area contributed by atoms with E-state index in [2.05, 4.69) is 15.4 Å². The molecule has 0 aliphatic heterocycles. The molecule has 96 valence electrons. The minimum atomic E-state index is -0.419. The van der Waals surface area contributed by atoms with Gasteiger partial charge in [-0.2, -0.15) is 0 Å². The maximum Gasteiger partial charge on any atom is 0.337 e. The zero-order valence-corrected chi connectivity index (χ0v) is 10.2. The molecule has 2 amide bonds. The number of esters is 1. The van der Waals surface area contributed by atoms with Gasteiger partial charge in [0.05, 0.1) is 12.7 Å². The third-order valence-corrected chi connectivity index (χ3v) is 2.79. The number of ether oxygens (including phenoxy) is 1. The van der Waals surface area contributed by atoms with Crippen molar-refractivity contribution in [2.75, 3.05) is 19.0 Å². The standard InChI is InChI=1S/C13H16N2O3/c1-18-12(16)10-3-2-4-11(7-10)15-13(17)14-8-9-5-6-9/h2-4,7,9H,5-6,8H2,1H3,(H2,14,15,17).